The second-order valence-electron chi connectivity index (χ2n) is 6.74. The van der Waals surface area contributed by atoms with E-state index < -0.39 is 10.0 Å². The minimum absolute atomic E-state index is 0.0772. The minimum atomic E-state index is -3.49. The molecular formula is C20H26N2O3S. The predicted molar refractivity (Wildman–Crippen MR) is 107 cm³/mol. The Morgan fingerprint density at radius 3 is 2.19 bits per heavy atom. The van der Waals surface area contributed by atoms with Gasteiger partial charge < -0.3 is 5.32 Å². The topological polar surface area (TPSA) is 66.5 Å². The van der Waals surface area contributed by atoms with Crippen molar-refractivity contribution in [3.63, 3.8) is 0 Å². The van der Waals surface area contributed by atoms with Gasteiger partial charge in [0, 0.05) is 18.7 Å². The lowest BCUT2D eigenvalue weighted by molar-refractivity contribution is -0.116. The summed E-state index contributed by atoms with van der Waals surface area (Å²) in [6.45, 7) is 7.80. The van der Waals surface area contributed by atoms with Crippen molar-refractivity contribution < 1.29 is 13.2 Å². The predicted octanol–water partition coefficient (Wildman–Crippen LogP) is 3.72. The molecule has 0 heterocycles. The van der Waals surface area contributed by atoms with Gasteiger partial charge >= 0.3 is 0 Å². The molecule has 0 saturated heterocycles. The summed E-state index contributed by atoms with van der Waals surface area (Å²) in [4.78, 5) is 12.3. The van der Waals surface area contributed by atoms with E-state index in [0.29, 0.717) is 5.69 Å². The van der Waals surface area contributed by atoms with Crippen LogP contribution in [0.5, 0.6) is 0 Å². The average molecular weight is 375 g/mol. The largest absolute Gasteiger partial charge is 0.326 e. The molecule has 0 aromatic heterocycles. The molecule has 0 radical (unpaired) electrons. The van der Waals surface area contributed by atoms with Crippen LogP contribution in [0.4, 0.5) is 11.4 Å². The first-order valence-corrected chi connectivity index (χ1v) is 10.3. The summed E-state index contributed by atoms with van der Waals surface area (Å²) < 4.78 is 25.8. The molecule has 0 aliphatic rings. The minimum Gasteiger partial charge on any atom is -0.326 e. The number of nitrogens with zero attached hydrogens (tertiary/aromatic N) is 1. The zero-order valence-corrected chi connectivity index (χ0v) is 16.8. The molecule has 0 spiro atoms. The number of carbonyl (C=O) groups is 1. The van der Waals surface area contributed by atoms with Crippen LogP contribution in [0.1, 0.15) is 28.7 Å². The number of nitrogens with one attached hydrogen (secondary N) is 1. The molecule has 0 aliphatic carbocycles. The third-order valence-electron chi connectivity index (χ3n) is 4.23. The molecule has 0 bridgehead atoms. The molecule has 1 N–H and O–H groups in total. The first-order chi connectivity index (χ1) is 12.1. The fourth-order valence-electron chi connectivity index (χ4n) is 2.82. The Labute approximate surface area is 156 Å². The van der Waals surface area contributed by atoms with Crippen LogP contribution in [0.25, 0.3) is 0 Å². The standard InChI is InChI=1S/C20H26N2O3S/c1-14-7-9-18(17(4)12-14)21-20(23)10-11-22(26(5,24)25)19-13-15(2)6-8-16(19)3/h6-9,12-13H,10-11H2,1-5H3,(H,21,23). The summed E-state index contributed by atoms with van der Waals surface area (Å²) in [5.74, 6) is -0.212. The van der Waals surface area contributed by atoms with Crippen molar-refractivity contribution in [1.82, 2.24) is 0 Å². The van der Waals surface area contributed by atoms with Gasteiger partial charge in [0.2, 0.25) is 15.9 Å². The molecule has 2 aromatic carbocycles. The molecular weight excluding hydrogens is 348 g/mol. The van der Waals surface area contributed by atoms with Crippen LogP contribution in [-0.4, -0.2) is 27.1 Å². The molecule has 5 nitrogen and oxygen atoms in total. The Hall–Kier alpha value is -2.34. The number of amides is 1. The smallest absolute Gasteiger partial charge is 0.232 e. The Bertz CT molecular complexity index is 921. The number of benzene rings is 2. The third kappa shape index (κ3) is 5.08. The van der Waals surface area contributed by atoms with Crippen LogP contribution in [-0.2, 0) is 14.8 Å². The number of anilines is 2. The maximum Gasteiger partial charge on any atom is 0.232 e. The molecule has 0 fully saturated rings. The van der Waals surface area contributed by atoms with E-state index in [4.69, 9.17) is 0 Å². The highest BCUT2D eigenvalue weighted by atomic mass is 32.2. The van der Waals surface area contributed by atoms with Crippen LogP contribution in [0.3, 0.4) is 0 Å². The fourth-order valence-corrected chi connectivity index (χ4v) is 3.80. The first-order valence-electron chi connectivity index (χ1n) is 8.50. The van der Waals surface area contributed by atoms with Crippen LogP contribution < -0.4 is 9.62 Å². The number of aryl methyl sites for hydroxylation is 4. The van der Waals surface area contributed by atoms with Gasteiger partial charge in [0.25, 0.3) is 0 Å². The number of rotatable bonds is 6. The SMILES string of the molecule is Cc1ccc(NC(=O)CCN(c2cc(C)ccc2C)S(C)(=O)=O)c(C)c1. The van der Waals surface area contributed by atoms with Gasteiger partial charge in [0.15, 0.2) is 0 Å². The monoisotopic (exact) mass is 374 g/mol. The van der Waals surface area contributed by atoms with Gasteiger partial charge in [-0.2, -0.15) is 0 Å². The van der Waals surface area contributed by atoms with Crippen molar-refractivity contribution in [1.29, 1.82) is 0 Å². The van der Waals surface area contributed by atoms with Crippen molar-refractivity contribution in [2.24, 2.45) is 0 Å². The Morgan fingerprint density at radius 2 is 1.58 bits per heavy atom. The van der Waals surface area contributed by atoms with Gasteiger partial charge in [-0.1, -0.05) is 29.8 Å². The summed E-state index contributed by atoms with van der Waals surface area (Å²) in [6.07, 6.45) is 1.24. The highest BCUT2D eigenvalue weighted by molar-refractivity contribution is 7.92. The summed E-state index contributed by atoms with van der Waals surface area (Å²) in [7, 11) is -3.49. The molecule has 0 atom stereocenters. The van der Waals surface area contributed by atoms with Crippen LogP contribution in [0.2, 0.25) is 0 Å². The zero-order valence-electron chi connectivity index (χ0n) is 16.0. The van der Waals surface area contributed by atoms with Crippen LogP contribution in [0.15, 0.2) is 36.4 Å². The molecule has 1 amide bonds. The van der Waals surface area contributed by atoms with E-state index in [9.17, 15) is 13.2 Å². The summed E-state index contributed by atoms with van der Waals surface area (Å²) in [5, 5.41) is 2.86. The third-order valence-corrected chi connectivity index (χ3v) is 5.41. The van der Waals surface area contributed by atoms with Crippen LogP contribution in [0, 0.1) is 27.7 Å². The molecule has 0 aliphatic heterocycles. The number of hydrogen-bond acceptors (Lipinski definition) is 3. The normalized spacial score (nSPS) is 11.3. The Balaban J connectivity index is 2.15. The lowest BCUT2D eigenvalue weighted by Gasteiger charge is -2.24. The molecule has 6 heteroatoms. The molecule has 2 rings (SSSR count). The van der Waals surface area contributed by atoms with Gasteiger partial charge in [-0.15, -0.1) is 0 Å². The number of carbonyl (C=O) groups excluding carboxylic acids is 1. The van der Waals surface area contributed by atoms with E-state index in [1.54, 1.807) is 0 Å². The quantitative estimate of drug-likeness (QED) is 0.838. The maximum atomic E-state index is 12.3. The maximum absolute atomic E-state index is 12.3. The highest BCUT2D eigenvalue weighted by Crippen LogP contribution is 2.24. The Kier molecular flexibility index (Phi) is 6.08. The van der Waals surface area contributed by atoms with E-state index in [2.05, 4.69) is 5.32 Å². The molecule has 140 valence electrons. The van der Waals surface area contributed by atoms with Crippen molar-refractivity contribution in [3.05, 3.63) is 58.7 Å². The van der Waals surface area contributed by atoms with E-state index in [1.807, 2.05) is 64.1 Å². The molecule has 0 unspecified atom stereocenters. The zero-order chi connectivity index (χ0) is 19.5. The lowest BCUT2D eigenvalue weighted by Crippen LogP contribution is -2.33. The van der Waals surface area contributed by atoms with Gasteiger partial charge in [0.1, 0.15) is 0 Å². The summed E-state index contributed by atoms with van der Waals surface area (Å²) in [6, 6.07) is 11.4. The number of sulfonamides is 1. The van der Waals surface area contributed by atoms with Crippen molar-refractivity contribution in [2.45, 2.75) is 34.1 Å². The van der Waals surface area contributed by atoms with Gasteiger partial charge in [-0.25, -0.2) is 8.42 Å². The second-order valence-corrected chi connectivity index (χ2v) is 8.65. The van der Waals surface area contributed by atoms with E-state index in [0.717, 1.165) is 34.2 Å². The fraction of sp³-hybridized carbons (Fsp3) is 0.350. The van der Waals surface area contributed by atoms with Crippen LogP contribution >= 0.6 is 0 Å². The first kappa shape index (κ1) is 20.0. The molecule has 26 heavy (non-hydrogen) atoms. The van der Waals surface area contributed by atoms with Crippen molar-refractivity contribution in [2.75, 3.05) is 22.4 Å². The molecule has 0 saturated carbocycles. The second kappa shape index (κ2) is 7.91. The van der Waals surface area contributed by atoms with Gasteiger partial charge in [0.05, 0.1) is 11.9 Å². The number of hydrogen-bond donors (Lipinski definition) is 1. The van der Waals surface area contributed by atoms with E-state index in [-0.39, 0.29) is 18.9 Å². The summed E-state index contributed by atoms with van der Waals surface area (Å²) >= 11 is 0. The highest BCUT2D eigenvalue weighted by Gasteiger charge is 2.20. The van der Waals surface area contributed by atoms with E-state index >= 15 is 0 Å². The van der Waals surface area contributed by atoms with Crippen molar-refractivity contribution >= 4 is 27.3 Å². The van der Waals surface area contributed by atoms with E-state index in [1.165, 1.54) is 4.31 Å². The Morgan fingerprint density at radius 1 is 0.962 bits per heavy atom. The van der Waals surface area contributed by atoms with Gasteiger partial charge in [-0.3, -0.25) is 9.10 Å². The lowest BCUT2D eigenvalue weighted by atomic mass is 10.1. The summed E-state index contributed by atoms with van der Waals surface area (Å²) in [5.41, 5.74) is 5.30. The van der Waals surface area contributed by atoms with Crippen molar-refractivity contribution in [3.8, 4) is 0 Å². The molecule has 2 aromatic rings. The average Bonchev–Trinajstić information content (AvgIpc) is 2.52. The van der Waals surface area contributed by atoms with Gasteiger partial charge in [-0.05, 0) is 56.5 Å².